The Kier molecular flexibility index (Phi) is 2.98. The minimum absolute atomic E-state index is 0.189. The van der Waals surface area contributed by atoms with E-state index in [4.69, 9.17) is 5.11 Å². The van der Waals surface area contributed by atoms with Crippen LogP contribution in [0.2, 0.25) is 0 Å². The lowest BCUT2D eigenvalue weighted by atomic mass is 9.40. The lowest BCUT2D eigenvalue weighted by molar-refractivity contribution is -0.120. The highest BCUT2D eigenvalue weighted by atomic mass is 16.4. The van der Waals surface area contributed by atoms with Crippen molar-refractivity contribution in [3.05, 3.63) is 35.4 Å². The number of hydrogen-bond donors (Lipinski definition) is 1. The van der Waals surface area contributed by atoms with Gasteiger partial charge < -0.3 is 5.11 Å². The molecule has 120 valence electrons. The van der Waals surface area contributed by atoms with Crippen molar-refractivity contribution in [2.75, 3.05) is 0 Å². The van der Waals surface area contributed by atoms with Crippen LogP contribution in [0.5, 0.6) is 0 Å². The Hall–Kier alpha value is -1.75. The molecule has 0 aromatic heterocycles. The third kappa shape index (κ3) is 2.57. The summed E-state index contributed by atoms with van der Waals surface area (Å²) < 4.78 is 0. The minimum Gasteiger partial charge on any atom is -0.478 e. The van der Waals surface area contributed by atoms with Gasteiger partial charge in [0.2, 0.25) is 0 Å². The van der Waals surface area contributed by atoms with Gasteiger partial charge >= 0.3 is 5.97 Å². The van der Waals surface area contributed by atoms with Gasteiger partial charge in [0, 0.05) is 11.0 Å². The molecule has 4 aliphatic carbocycles. The first-order chi connectivity index (χ1) is 10.8. The molecule has 1 aromatic carbocycles. The van der Waals surface area contributed by atoms with E-state index >= 15 is 0 Å². The number of aromatic carboxylic acids is 1. The molecule has 5 rings (SSSR count). The van der Waals surface area contributed by atoms with Crippen molar-refractivity contribution in [3.63, 3.8) is 0 Å². The van der Waals surface area contributed by atoms with Crippen molar-refractivity contribution in [2.24, 2.45) is 22.2 Å². The molecule has 0 spiro atoms. The summed E-state index contributed by atoms with van der Waals surface area (Å²) in [7, 11) is 0. The molecule has 2 unspecified atom stereocenters. The van der Waals surface area contributed by atoms with Gasteiger partial charge in [0.1, 0.15) is 0 Å². The number of rotatable bonds is 1. The van der Waals surface area contributed by atoms with Crippen LogP contribution < -0.4 is 0 Å². The van der Waals surface area contributed by atoms with Gasteiger partial charge in [0.05, 0.1) is 5.56 Å². The van der Waals surface area contributed by atoms with Crippen LogP contribution in [-0.4, -0.2) is 11.1 Å². The van der Waals surface area contributed by atoms with Crippen molar-refractivity contribution in [1.82, 2.24) is 0 Å². The van der Waals surface area contributed by atoms with Crippen LogP contribution >= 0.6 is 0 Å². The van der Waals surface area contributed by atoms with Gasteiger partial charge in [-0.15, -0.1) is 0 Å². The second-order valence-electron chi connectivity index (χ2n) is 9.04. The Morgan fingerprint density at radius 1 is 1.04 bits per heavy atom. The maximum atomic E-state index is 10.9. The number of carboxylic acids is 1. The molecule has 0 aliphatic heterocycles. The van der Waals surface area contributed by atoms with Gasteiger partial charge in [-0.25, -0.2) is 4.79 Å². The molecule has 4 aliphatic rings. The molecular weight excluding hydrogens is 284 g/mol. The average molecular weight is 308 g/mol. The van der Waals surface area contributed by atoms with E-state index in [9.17, 15) is 4.79 Å². The maximum absolute atomic E-state index is 10.9. The van der Waals surface area contributed by atoms with Gasteiger partial charge in [-0.2, -0.15) is 0 Å². The fourth-order valence-electron chi connectivity index (χ4n) is 6.49. The van der Waals surface area contributed by atoms with Gasteiger partial charge in [-0.3, -0.25) is 0 Å². The van der Waals surface area contributed by atoms with Crippen LogP contribution in [0.1, 0.15) is 68.3 Å². The zero-order valence-electron chi connectivity index (χ0n) is 14.0. The van der Waals surface area contributed by atoms with Crippen LogP contribution in [0.25, 0.3) is 0 Å². The quantitative estimate of drug-likeness (QED) is 0.761. The number of carbonyl (C=O) groups is 1. The SMILES string of the molecule is CC12CC3CC(C)(C1)CC(C#Cc1ccc(C(=O)O)cc1)(C3)C2. The third-order valence-corrected chi connectivity index (χ3v) is 6.23. The van der Waals surface area contributed by atoms with Crippen molar-refractivity contribution in [3.8, 4) is 11.8 Å². The highest BCUT2D eigenvalue weighted by Crippen LogP contribution is 2.69. The Morgan fingerprint density at radius 3 is 2.17 bits per heavy atom. The molecular formula is C21H24O2. The highest BCUT2D eigenvalue weighted by molar-refractivity contribution is 5.87. The van der Waals surface area contributed by atoms with E-state index in [2.05, 4.69) is 25.7 Å². The van der Waals surface area contributed by atoms with Crippen molar-refractivity contribution in [1.29, 1.82) is 0 Å². The summed E-state index contributed by atoms with van der Waals surface area (Å²) in [5.74, 6) is 6.97. The molecule has 0 radical (unpaired) electrons. The van der Waals surface area contributed by atoms with E-state index in [1.807, 2.05) is 12.1 Å². The fourth-order valence-corrected chi connectivity index (χ4v) is 6.49. The van der Waals surface area contributed by atoms with Gasteiger partial charge in [0.25, 0.3) is 0 Å². The minimum atomic E-state index is -0.883. The topological polar surface area (TPSA) is 37.3 Å². The second kappa shape index (κ2) is 4.63. The molecule has 1 aromatic rings. The molecule has 0 saturated heterocycles. The number of hydrogen-bond acceptors (Lipinski definition) is 1. The monoisotopic (exact) mass is 308 g/mol. The van der Waals surface area contributed by atoms with Crippen LogP contribution in [-0.2, 0) is 0 Å². The molecule has 2 atom stereocenters. The first-order valence-corrected chi connectivity index (χ1v) is 8.66. The zero-order chi connectivity index (χ0) is 16.3. The van der Waals surface area contributed by atoms with Crippen molar-refractivity contribution < 1.29 is 9.90 Å². The normalized spacial score (nSPS) is 40.5. The first kappa shape index (κ1) is 14.8. The van der Waals surface area contributed by atoms with Crippen molar-refractivity contribution >= 4 is 5.97 Å². The molecule has 2 nitrogen and oxygen atoms in total. The van der Waals surface area contributed by atoms with Gasteiger partial charge in [0.15, 0.2) is 0 Å². The Labute approximate surface area is 138 Å². The maximum Gasteiger partial charge on any atom is 0.335 e. The van der Waals surface area contributed by atoms with Crippen LogP contribution in [0.3, 0.4) is 0 Å². The molecule has 0 amide bonds. The summed E-state index contributed by atoms with van der Waals surface area (Å²) in [6.45, 7) is 4.93. The molecule has 4 saturated carbocycles. The predicted molar refractivity (Wildman–Crippen MR) is 90.1 cm³/mol. The summed E-state index contributed by atoms with van der Waals surface area (Å²) in [5, 5.41) is 8.98. The van der Waals surface area contributed by atoms with Gasteiger partial charge in [-0.05, 0) is 79.5 Å². The summed E-state index contributed by atoms with van der Waals surface area (Å²) in [4.78, 5) is 10.9. The molecule has 0 heterocycles. The van der Waals surface area contributed by atoms with E-state index in [1.165, 1.54) is 38.5 Å². The molecule has 4 fully saturated rings. The Morgan fingerprint density at radius 2 is 1.65 bits per heavy atom. The first-order valence-electron chi connectivity index (χ1n) is 8.66. The zero-order valence-corrected chi connectivity index (χ0v) is 14.0. The van der Waals surface area contributed by atoms with Gasteiger partial charge in [-0.1, -0.05) is 25.7 Å². The molecule has 4 bridgehead atoms. The lowest BCUT2D eigenvalue weighted by Crippen LogP contribution is -2.54. The smallest absolute Gasteiger partial charge is 0.335 e. The van der Waals surface area contributed by atoms with Crippen LogP contribution in [0, 0.1) is 34.0 Å². The standard InChI is InChI=1S/C21H24O2/c1-19-9-16-10-20(2,12-19)14-21(11-16,13-19)8-7-15-3-5-17(6-4-15)18(22)23/h3-6,16H,9-14H2,1-2H3,(H,22,23). The number of benzene rings is 1. The van der Waals surface area contributed by atoms with E-state index in [0.29, 0.717) is 16.4 Å². The predicted octanol–water partition coefficient (Wildman–Crippen LogP) is 4.73. The van der Waals surface area contributed by atoms with E-state index < -0.39 is 5.97 Å². The lowest BCUT2D eigenvalue weighted by Gasteiger charge is -2.64. The summed E-state index contributed by atoms with van der Waals surface area (Å²) in [5.41, 5.74) is 2.41. The number of carboxylic acid groups (broad SMARTS) is 1. The van der Waals surface area contributed by atoms with Crippen LogP contribution in [0.15, 0.2) is 24.3 Å². The molecule has 23 heavy (non-hydrogen) atoms. The summed E-state index contributed by atoms with van der Waals surface area (Å²) in [6.07, 6.45) is 7.89. The highest BCUT2D eigenvalue weighted by Gasteiger charge is 2.59. The summed E-state index contributed by atoms with van der Waals surface area (Å²) in [6, 6.07) is 6.96. The fraction of sp³-hybridized carbons (Fsp3) is 0.571. The van der Waals surface area contributed by atoms with E-state index in [0.717, 1.165) is 11.5 Å². The Balaban J connectivity index is 1.63. The van der Waals surface area contributed by atoms with E-state index in [-0.39, 0.29) is 5.41 Å². The van der Waals surface area contributed by atoms with E-state index in [1.54, 1.807) is 12.1 Å². The Bertz CT molecular complexity index is 700. The van der Waals surface area contributed by atoms with Crippen molar-refractivity contribution in [2.45, 2.75) is 52.4 Å². The second-order valence-corrected chi connectivity index (χ2v) is 9.04. The molecule has 1 N–H and O–H groups in total. The summed E-state index contributed by atoms with van der Waals surface area (Å²) >= 11 is 0. The average Bonchev–Trinajstić information content (AvgIpc) is 2.42. The van der Waals surface area contributed by atoms with Crippen LogP contribution in [0.4, 0.5) is 0 Å². The third-order valence-electron chi connectivity index (χ3n) is 6.23. The largest absolute Gasteiger partial charge is 0.478 e. The molecule has 2 heteroatoms.